The predicted molar refractivity (Wildman–Crippen MR) is 110 cm³/mol. The summed E-state index contributed by atoms with van der Waals surface area (Å²) in [5, 5.41) is 4.80. The van der Waals surface area contributed by atoms with Crippen LogP contribution in [-0.4, -0.2) is 39.2 Å². The van der Waals surface area contributed by atoms with Crippen LogP contribution in [0.4, 0.5) is 8.78 Å². The zero-order valence-corrected chi connectivity index (χ0v) is 17.6. The van der Waals surface area contributed by atoms with Crippen molar-refractivity contribution in [2.24, 2.45) is 7.05 Å². The summed E-state index contributed by atoms with van der Waals surface area (Å²) in [6.45, 7) is 1.66. The number of alkyl halides is 2. The Labute approximate surface area is 178 Å². The number of methoxy groups -OCH3 is 1. The van der Waals surface area contributed by atoms with E-state index >= 15 is 0 Å². The largest absolute Gasteiger partial charge is 0.481 e. The number of hydrogen-bond acceptors (Lipinski definition) is 6. The second-order valence-corrected chi connectivity index (χ2v) is 7.90. The van der Waals surface area contributed by atoms with Crippen molar-refractivity contribution in [3.05, 3.63) is 41.2 Å². The standard InChI is InChI=1S/C22H24F2N4O3/c1-12(14-6-7-17(30-3)25-10-14)8-15(29)11-31-18-9-16(21(23)24)19-20(13-4-5-13)27-28(2)22(19)26-18/h6-7,9-10,12-13,21H,4-5,8,11H2,1-3H3. The second-order valence-electron chi connectivity index (χ2n) is 7.90. The van der Waals surface area contributed by atoms with Crippen molar-refractivity contribution < 1.29 is 23.0 Å². The maximum atomic E-state index is 13.8. The number of pyridine rings is 2. The molecule has 1 atom stereocenters. The zero-order chi connectivity index (χ0) is 22.1. The Morgan fingerprint density at radius 2 is 2.06 bits per heavy atom. The maximum Gasteiger partial charge on any atom is 0.264 e. The lowest BCUT2D eigenvalue weighted by molar-refractivity contribution is -0.121. The molecule has 0 N–H and O–H groups in total. The molecule has 1 unspecified atom stereocenters. The van der Waals surface area contributed by atoms with E-state index in [4.69, 9.17) is 9.47 Å². The van der Waals surface area contributed by atoms with Gasteiger partial charge in [0.1, 0.15) is 6.61 Å². The van der Waals surface area contributed by atoms with Crippen LogP contribution in [-0.2, 0) is 11.8 Å². The van der Waals surface area contributed by atoms with Crippen LogP contribution in [0.3, 0.4) is 0 Å². The van der Waals surface area contributed by atoms with Crippen LogP contribution in [0.2, 0.25) is 0 Å². The fraction of sp³-hybridized carbons (Fsp3) is 0.455. The highest BCUT2D eigenvalue weighted by Crippen LogP contribution is 2.44. The van der Waals surface area contributed by atoms with E-state index in [1.807, 2.05) is 13.0 Å². The molecule has 0 aliphatic heterocycles. The van der Waals surface area contributed by atoms with Gasteiger partial charge < -0.3 is 9.47 Å². The third-order valence-corrected chi connectivity index (χ3v) is 5.48. The average molecular weight is 430 g/mol. The molecule has 4 rings (SSSR count). The first-order valence-corrected chi connectivity index (χ1v) is 10.2. The first-order chi connectivity index (χ1) is 14.9. The highest BCUT2D eigenvalue weighted by atomic mass is 19.3. The minimum Gasteiger partial charge on any atom is -0.481 e. The molecular weight excluding hydrogens is 406 g/mol. The van der Waals surface area contributed by atoms with Crippen LogP contribution < -0.4 is 9.47 Å². The smallest absolute Gasteiger partial charge is 0.264 e. The number of aryl methyl sites for hydroxylation is 1. The molecule has 0 saturated heterocycles. The number of aromatic nitrogens is 4. The SMILES string of the molecule is COc1ccc(C(C)CC(=O)COc2cc(C(F)F)c3c(C4CC4)nn(C)c3n2)cn1. The van der Waals surface area contributed by atoms with Crippen molar-refractivity contribution in [1.29, 1.82) is 0 Å². The van der Waals surface area contributed by atoms with E-state index in [0.29, 0.717) is 22.6 Å². The van der Waals surface area contributed by atoms with Crippen LogP contribution in [0.1, 0.15) is 61.3 Å². The van der Waals surface area contributed by atoms with Crippen molar-refractivity contribution in [2.45, 2.75) is 44.4 Å². The predicted octanol–water partition coefficient (Wildman–Crippen LogP) is 4.33. The summed E-state index contributed by atoms with van der Waals surface area (Å²) in [4.78, 5) is 20.9. The first kappa shape index (κ1) is 21.1. The van der Waals surface area contributed by atoms with E-state index < -0.39 is 6.43 Å². The van der Waals surface area contributed by atoms with Crippen molar-refractivity contribution >= 4 is 16.8 Å². The Kier molecular flexibility index (Phi) is 5.84. The van der Waals surface area contributed by atoms with E-state index in [0.717, 1.165) is 18.4 Å². The minimum atomic E-state index is -2.69. The number of ketones is 1. The number of Topliss-reactive ketones (excluding diaryl/α,β-unsaturated/α-hetero) is 1. The van der Waals surface area contributed by atoms with Gasteiger partial charge in [0.05, 0.1) is 18.2 Å². The molecule has 3 heterocycles. The molecule has 164 valence electrons. The molecule has 7 nitrogen and oxygen atoms in total. The van der Waals surface area contributed by atoms with Gasteiger partial charge in [0.25, 0.3) is 6.43 Å². The molecule has 1 saturated carbocycles. The Morgan fingerprint density at radius 1 is 1.29 bits per heavy atom. The molecule has 0 bridgehead atoms. The highest BCUT2D eigenvalue weighted by molar-refractivity contribution is 5.84. The van der Waals surface area contributed by atoms with Gasteiger partial charge in [-0.2, -0.15) is 10.1 Å². The maximum absolute atomic E-state index is 13.8. The van der Waals surface area contributed by atoms with Gasteiger partial charge in [0, 0.05) is 43.3 Å². The zero-order valence-electron chi connectivity index (χ0n) is 17.6. The number of hydrogen-bond donors (Lipinski definition) is 0. The quantitative estimate of drug-likeness (QED) is 0.503. The van der Waals surface area contributed by atoms with E-state index in [9.17, 15) is 13.6 Å². The van der Waals surface area contributed by atoms with Crippen molar-refractivity contribution in [1.82, 2.24) is 19.7 Å². The van der Waals surface area contributed by atoms with Crippen LogP contribution in [0.5, 0.6) is 11.8 Å². The molecule has 9 heteroatoms. The van der Waals surface area contributed by atoms with E-state index in [2.05, 4.69) is 15.1 Å². The summed E-state index contributed by atoms with van der Waals surface area (Å²) >= 11 is 0. The third-order valence-electron chi connectivity index (χ3n) is 5.48. The van der Waals surface area contributed by atoms with Gasteiger partial charge in [-0.25, -0.2) is 13.8 Å². The lowest BCUT2D eigenvalue weighted by Crippen LogP contribution is -2.15. The van der Waals surface area contributed by atoms with Crippen molar-refractivity contribution in [3.63, 3.8) is 0 Å². The fourth-order valence-corrected chi connectivity index (χ4v) is 3.65. The number of carbonyl (C=O) groups excluding carboxylic acids is 1. The monoisotopic (exact) mass is 430 g/mol. The second kappa shape index (κ2) is 8.56. The minimum absolute atomic E-state index is 0.000245. The normalized spacial score (nSPS) is 14.8. The molecule has 31 heavy (non-hydrogen) atoms. The van der Waals surface area contributed by atoms with Gasteiger partial charge in [-0.05, 0) is 24.3 Å². The van der Waals surface area contributed by atoms with Gasteiger partial charge in [-0.3, -0.25) is 9.48 Å². The van der Waals surface area contributed by atoms with Crippen LogP contribution in [0.25, 0.3) is 11.0 Å². The van der Waals surface area contributed by atoms with Crippen molar-refractivity contribution in [2.75, 3.05) is 13.7 Å². The summed E-state index contributed by atoms with van der Waals surface area (Å²) in [7, 11) is 3.21. The Hall–Kier alpha value is -3.10. The summed E-state index contributed by atoms with van der Waals surface area (Å²) in [6, 6.07) is 4.82. The molecule has 0 spiro atoms. The van der Waals surface area contributed by atoms with Gasteiger partial charge in [-0.15, -0.1) is 0 Å². The fourth-order valence-electron chi connectivity index (χ4n) is 3.65. The number of rotatable bonds is 9. The van der Waals surface area contributed by atoms with Crippen molar-refractivity contribution in [3.8, 4) is 11.8 Å². The molecule has 1 aliphatic carbocycles. The van der Waals surface area contributed by atoms with Gasteiger partial charge in [-0.1, -0.05) is 13.0 Å². The lowest BCUT2D eigenvalue weighted by atomic mass is 9.97. The first-order valence-electron chi connectivity index (χ1n) is 10.2. The third kappa shape index (κ3) is 4.50. The molecule has 0 aromatic carbocycles. The molecule has 1 fully saturated rings. The number of carbonyl (C=O) groups is 1. The van der Waals surface area contributed by atoms with Crippen LogP contribution in [0.15, 0.2) is 24.4 Å². The molecule has 0 amide bonds. The number of nitrogens with zero attached hydrogens (tertiary/aromatic N) is 4. The van der Waals surface area contributed by atoms with E-state index in [1.165, 1.54) is 17.9 Å². The van der Waals surface area contributed by atoms with Gasteiger partial charge >= 0.3 is 0 Å². The number of fused-ring (bicyclic) bond motifs is 1. The van der Waals surface area contributed by atoms with Crippen LogP contribution in [0, 0.1) is 0 Å². The summed E-state index contributed by atoms with van der Waals surface area (Å²) in [5.41, 5.74) is 1.76. The molecule has 3 aromatic rings. The number of ether oxygens (including phenoxy) is 2. The molecular formula is C22H24F2N4O3. The van der Waals surface area contributed by atoms with Gasteiger partial charge in [0.2, 0.25) is 11.8 Å². The van der Waals surface area contributed by atoms with E-state index in [-0.39, 0.29) is 42.1 Å². The van der Waals surface area contributed by atoms with Gasteiger partial charge in [0.15, 0.2) is 11.4 Å². The Bertz CT molecular complexity index is 1090. The lowest BCUT2D eigenvalue weighted by Gasteiger charge is -2.12. The summed E-state index contributed by atoms with van der Waals surface area (Å²) in [6.07, 6.45) is 1.11. The van der Waals surface area contributed by atoms with Crippen LogP contribution >= 0.6 is 0 Å². The summed E-state index contributed by atoms with van der Waals surface area (Å²) < 4.78 is 39.6. The number of halogens is 2. The topological polar surface area (TPSA) is 79.1 Å². The molecule has 3 aromatic heterocycles. The Morgan fingerprint density at radius 3 is 2.68 bits per heavy atom. The molecule has 0 radical (unpaired) electrons. The highest BCUT2D eigenvalue weighted by Gasteiger charge is 2.32. The molecule has 1 aliphatic rings. The Balaban J connectivity index is 1.47. The summed E-state index contributed by atoms with van der Waals surface area (Å²) in [5.74, 6) is 0.486. The van der Waals surface area contributed by atoms with E-state index in [1.54, 1.807) is 19.3 Å². The average Bonchev–Trinajstić information content (AvgIpc) is 3.55.